The van der Waals surface area contributed by atoms with Gasteiger partial charge in [0, 0.05) is 4.47 Å². The lowest BCUT2D eigenvalue weighted by Gasteiger charge is -2.18. The smallest absolute Gasteiger partial charge is 0.171 e. The van der Waals surface area contributed by atoms with Crippen molar-refractivity contribution >= 4 is 38.9 Å². The van der Waals surface area contributed by atoms with Crippen molar-refractivity contribution < 1.29 is 4.39 Å². The SMILES string of the molecule is Cc1ccc(C(C)NC(=S)Nc2ccc(Br)cc2F)cc1C. The highest BCUT2D eigenvalue weighted by Crippen LogP contribution is 2.20. The first-order chi connectivity index (χ1) is 10.4. The van der Waals surface area contributed by atoms with Gasteiger partial charge in [0.25, 0.3) is 0 Å². The summed E-state index contributed by atoms with van der Waals surface area (Å²) >= 11 is 8.49. The van der Waals surface area contributed by atoms with Crippen LogP contribution in [0.1, 0.15) is 29.7 Å². The standard InChI is InChI=1S/C17H18BrFN2S/c1-10-4-5-13(8-11(10)2)12(3)20-17(22)21-16-7-6-14(18)9-15(16)19/h4-9,12H,1-3H3,(H2,20,21,22). The summed E-state index contributed by atoms with van der Waals surface area (Å²) in [7, 11) is 0. The van der Waals surface area contributed by atoms with Crippen LogP contribution in [0.25, 0.3) is 0 Å². The van der Waals surface area contributed by atoms with Crippen LogP contribution in [-0.4, -0.2) is 5.11 Å². The molecule has 2 aromatic rings. The minimum Gasteiger partial charge on any atom is -0.356 e. The molecule has 0 saturated heterocycles. The molecular weight excluding hydrogens is 363 g/mol. The molecule has 2 N–H and O–H groups in total. The Morgan fingerprint density at radius 1 is 1.14 bits per heavy atom. The van der Waals surface area contributed by atoms with Crippen molar-refractivity contribution in [3.63, 3.8) is 0 Å². The zero-order chi connectivity index (χ0) is 16.3. The van der Waals surface area contributed by atoms with E-state index in [-0.39, 0.29) is 11.9 Å². The summed E-state index contributed by atoms with van der Waals surface area (Å²) in [6.45, 7) is 6.19. The molecule has 2 aromatic carbocycles. The van der Waals surface area contributed by atoms with Crippen molar-refractivity contribution in [1.82, 2.24) is 5.32 Å². The molecule has 0 spiro atoms. The van der Waals surface area contributed by atoms with Crippen molar-refractivity contribution in [2.24, 2.45) is 0 Å². The summed E-state index contributed by atoms with van der Waals surface area (Å²) in [6, 6.07) is 11.1. The molecule has 0 aliphatic heterocycles. The van der Waals surface area contributed by atoms with Crippen LogP contribution >= 0.6 is 28.1 Å². The average Bonchev–Trinajstić information content (AvgIpc) is 2.45. The molecule has 0 aliphatic rings. The van der Waals surface area contributed by atoms with Gasteiger partial charge in [0.15, 0.2) is 5.11 Å². The van der Waals surface area contributed by atoms with Crippen molar-refractivity contribution in [2.45, 2.75) is 26.8 Å². The van der Waals surface area contributed by atoms with Crippen LogP contribution in [-0.2, 0) is 0 Å². The van der Waals surface area contributed by atoms with E-state index in [9.17, 15) is 4.39 Å². The van der Waals surface area contributed by atoms with E-state index in [1.807, 2.05) is 6.92 Å². The maximum atomic E-state index is 13.8. The second kappa shape index (κ2) is 7.20. The molecule has 5 heteroatoms. The van der Waals surface area contributed by atoms with E-state index in [1.54, 1.807) is 12.1 Å². The molecule has 1 atom stereocenters. The molecule has 2 nitrogen and oxygen atoms in total. The summed E-state index contributed by atoms with van der Waals surface area (Å²) in [5.74, 6) is -0.350. The number of rotatable bonds is 3. The number of aryl methyl sites for hydroxylation is 2. The largest absolute Gasteiger partial charge is 0.356 e. The van der Waals surface area contributed by atoms with Gasteiger partial charge in [0.1, 0.15) is 5.82 Å². The molecule has 0 bridgehead atoms. The fraction of sp³-hybridized carbons (Fsp3) is 0.235. The fourth-order valence-corrected chi connectivity index (χ4v) is 2.68. The van der Waals surface area contributed by atoms with Gasteiger partial charge in [-0.1, -0.05) is 34.1 Å². The predicted octanol–water partition coefficient (Wildman–Crippen LogP) is 5.25. The topological polar surface area (TPSA) is 24.1 Å². The Labute approximate surface area is 144 Å². The van der Waals surface area contributed by atoms with Crippen molar-refractivity contribution in [2.75, 3.05) is 5.32 Å². The Kier molecular flexibility index (Phi) is 5.53. The van der Waals surface area contributed by atoms with E-state index in [0.29, 0.717) is 15.3 Å². The maximum absolute atomic E-state index is 13.8. The van der Waals surface area contributed by atoms with Crippen LogP contribution in [0, 0.1) is 19.7 Å². The van der Waals surface area contributed by atoms with E-state index in [0.717, 1.165) is 5.56 Å². The highest BCUT2D eigenvalue weighted by Gasteiger charge is 2.10. The van der Waals surface area contributed by atoms with Crippen LogP contribution < -0.4 is 10.6 Å². The molecule has 22 heavy (non-hydrogen) atoms. The zero-order valence-electron chi connectivity index (χ0n) is 12.7. The predicted molar refractivity (Wildman–Crippen MR) is 97.8 cm³/mol. The van der Waals surface area contributed by atoms with Crippen molar-refractivity contribution in [1.29, 1.82) is 0 Å². The first kappa shape index (κ1) is 16.9. The van der Waals surface area contributed by atoms with Crippen LogP contribution in [0.3, 0.4) is 0 Å². The number of nitrogens with one attached hydrogen (secondary N) is 2. The second-order valence-electron chi connectivity index (χ2n) is 5.29. The Hall–Kier alpha value is -1.46. The third kappa shape index (κ3) is 4.27. The maximum Gasteiger partial charge on any atom is 0.171 e. The number of thiocarbonyl (C=S) groups is 1. The van der Waals surface area contributed by atoms with Gasteiger partial charge in [-0.25, -0.2) is 4.39 Å². The van der Waals surface area contributed by atoms with Crippen LogP contribution in [0.2, 0.25) is 0 Å². The number of hydrogen-bond donors (Lipinski definition) is 2. The zero-order valence-corrected chi connectivity index (χ0v) is 15.1. The summed E-state index contributed by atoms with van der Waals surface area (Å²) in [5.41, 5.74) is 3.99. The quantitative estimate of drug-likeness (QED) is 0.710. The molecule has 116 valence electrons. The lowest BCUT2D eigenvalue weighted by molar-refractivity contribution is 0.631. The Bertz CT molecular complexity index is 703. The van der Waals surface area contributed by atoms with E-state index in [1.165, 1.54) is 17.2 Å². The molecule has 0 aliphatic carbocycles. The van der Waals surface area contributed by atoms with E-state index in [4.69, 9.17) is 12.2 Å². The van der Waals surface area contributed by atoms with Crippen LogP contribution in [0.4, 0.5) is 10.1 Å². The minimum atomic E-state index is -0.350. The van der Waals surface area contributed by atoms with Gasteiger partial charge in [0.2, 0.25) is 0 Å². The fourth-order valence-electron chi connectivity index (χ4n) is 2.06. The summed E-state index contributed by atoms with van der Waals surface area (Å²) in [5, 5.41) is 6.46. The molecule has 0 fully saturated rings. The molecule has 1 unspecified atom stereocenters. The Morgan fingerprint density at radius 2 is 1.86 bits per heavy atom. The van der Waals surface area contributed by atoms with Crippen LogP contribution in [0.15, 0.2) is 40.9 Å². The number of benzene rings is 2. The summed E-state index contributed by atoms with van der Waals surface area (Å²) in [6.07, 6.45) is 0. The number of halogens is 2. The normalized spacial score (nSPS) is 11.9. The van der Waals surface area contributed by atoms with Gasteiger partial charge in [-0.15, -0.1) is 0 Å². The molecule has 0 radical (unpaired) electrons. The highest BCUT2D eigenvalue weighted by atomic mass is 79.9. The Morgan fingerprint density at radius 3 is 2.50 bits per heavy atom. The number of hydrogen-bond acceptors (Lipinski definition) is 1. The van der Waals surface area contributed by atoms with E-state index in [2.05, 4.69) is 58.6 Å². The third-order valence-electron chi connectivity index (χ3n) is 3.56. The van der Waals surface area contributed by atoms with Crippen LogP contribution in [0.5, 0.6) is 0 Å². The van der Waals surface area contributed by atoms with Gasteiger partial charge < -0.3 is 10.6 Å². The van der Waals surface area contributed by atoms with E-state index >= 15 is 0 Å². The monoisotopic (exact) mass is 380 g/mol. The molecule has 0 saturated carbocycles. The third-order valence-corrected chi connectivity index (χ3v) is 4.27. The Balaban J connectivity index is 2.03. The summed E-state index contributed by atoms with van der Waals surface area (Å²) in [4.78, 5) is 0. The highest BCUT2D eigenvalue weighted by molar-refractivity contribution is 9.10. The second-order valence-corrected chi connectivity index (χ2v) is 6.61. The summed E-state index contributed by atoms with van der Waals surface area (Å²) < 4.78 is 14.5. The lowest BCUT2D eigenvalue weighted by atomic mass is 10.0. The van der Waals surface area contributed by atoms with Crippen molar-refractivity contribution in [3.8, 4) is 0 Å². The van der Waals surface area contributed by atoms with Gasteiger partial charge in [-0.05, 0) is 67.9 Å². The molecular formula is C17H18BrFN2S. The first-order valence-electron chi connectivity index (χ1n) is 6.96. The molecule has 0 heterocycles. The van der Waals surface area contributed by atoms with Gasteiger partial charge in [-0.2, -0.15) is 0 Å². The molecule has 2 rings (SSSR count). The van der Waals surface area contributed by atoms with Gasteiger partial charge in [0.05, 0.1) is 11.7 Å². The molecule has 0 aromatic heterocycles. The van der Waals surface area contributed by atoms with Gasteiger partial charge in [-0.3, -0.25) is 0 Å². The first-order valence-corrected chi connectivity index (χ1v) is 8.16. The van der Waals surface area contributed by atoms with Crippen molar-refractivity contribution in [3.05, 3.63) is 63.4 Å². The van der Waals surface area contributed by atoms with E-state index < -0.39 is 0 Å². The molecule has 0 amide bonds. The van der Waals surface area contributed by atoms with Gasteiger partial charge >= 0.3 is 0 Å². The minimum absolute atomic E-state index is 0.0396. The average molecular weight is 381 g/mol. The lowest BCUT2D eigenvalue weighted by Crippen LogP contribution is -2.31. The number of anilines is 1.